The van der Waals surface area contributed by atoms with Gasteiger partial charge in [-0.1, -0.05) is 25.1 Å². The zero-order valence-corrected chi connectivity index (χ0v) is 13.7. The lowest BCUT2D eigenvalue weighted by atomic mass is 10.1. The number of thiocarbonyl (C=S) groups is 1. The lowest BCUT2D eigenvalue weighted by Crippen LogP contribution is -2.30. The Kier molecular flexibility index (Phi) is 6.15. The average molecular weight is 315 g/mol. The van der Waals surface area contributed by atoms with Crippen LogP contribution in [0, 0.1) is 0 Å². The van der Waals surface area contributed by atoms with Crippen molar-refractivity contribution in [2.24, 2.45) is 0 Å². The van der Waals surface area contributed by atoms with Crippen LogP contribution in [0.1, 0.15) is 18.1 Å². The Morgan fingerprint density at radius 1 is 1.27 bits per heavy atom. The summed E-state index contributed by atoms with van der Waals surface area (Å²) in [5, 5.41) is 6.96. The minimum atomic E-state index is 0.594. The molecular weight excluding hydrogens is 294 g/mol. The van der Waals surface area contributed by atoms with Gasteiger partial charge in [-0.15, -0.1) is 0 Å². The predicted molar refractivity (Wildman–Crippen MR) is 94.5 cm³/mol. The Balaban J connectivity index is 1.82. The minimum Gasteiger partial charge on any atom is -0.497 e. The summed E-state index contributed by atoms with van der Waals surface area (Å²) < 4.78 is 5.22. The number of methoxy groups -OCH3 is 1. The van der Waals surface area contributed by atoms with E-state index in [0.29, 0.717) is 5.11 Å². The molecule has 0 saturated carbocycles. The Morgan fingerprint density at radius 3 is 2.91 bits per heavy atom. The van der Waals surface area contributed by atoms with Gasteiger partial charge in [-0.2, -0.15) is 0 Å². The van der Waals surface area contributed by atoms with E-state index in [1.165, 1.54) is 5.56 Å². The third-order valence-corrected chi connectivity index (χ3v) is 3.58. The van der Waals surface area contributed by atoms with Crippen LogP contribution in [0.25, 0.3) is 0 Å². The maximum Gasteiger partial charge on any atom is 0.171 e. The molecule has 0 atom stereocenters. The highest BCUT2D eigenvalue weighted by Gasteiger charge is 2.03. The summed E-state index contributed by atoms with van der Waals surface area (Å²) in [5.41, 5.74) is 2.36. The molecule has 0 aliphatic rings. The van der Waals surface area contributed by atoms with Gasteiger partial charge >= 0.3 is 0 Å². The van der Waals surface area contributed by atoms with Crippen molar-refractivity contribution in [3.05, 3.63) is 53.7 Å². The number of aryl methyl sites for hydroxylation is 1. The molecule has 2 aromatic rings. The van der Waals surface area contributed by atoms with Gasteiger partial charge in [0.2, 0.25) is 0 Å². The summed E-state index contributed by atoms with van der Waals surface area (Å²) >= 11 is 5.32. The summed E-state index contributed by atoms with van der Waals surface area (Å²) in [4.78, 5) is 4.32. The lowest BCUT2D eigenvalue weighted by molar-refractivity contribution is 0.414. The molecule has 2 rings (SSSR count). The third-order valence-electron chi connectivity index (χ3n) is 3.34. The lowest BCUT2D eigenvalue weighted by Gasteiger charge is -2.12. The first kappa shape index (κ1) is 16.2. The van der Waals surface area contributed by atoms with Crippen LogP contribution in [0.15, 0.2) is 42.6 Å². The molecule has 4 nitrogen and oxygen atoms in total. The van der Waals surface area contributed by atoms with Crippen molar-refractivity contribution in [3.8, 4) is 5.75 Å². The topological polar surface area (TPSA) is 46.2 Å². The first-order chi connectivity index (χ1) is 10.7. The molecule has 0 amide bonds. The van der Waals surface area contributed by atoms with E-state index in [4.69, 9.17) is 17.0 Å². The number of benzene rings is 1. The maximum atomic E-state index is 5.32. The van der Waals surface area contributed by atoms with Gasteiger partial charge in [0.15, 0.2) is 5.11 Å². The molecule has 1 heterocycles. The molecule has 116 valence electrons. The monoisotopic (exact) mass is 315 g/mol. The normalized spacial score (nSPS) is 10.1. The highest BCUT2D eigenvalue weighted by molar-refractivity contribution is 7.80. The molecule has 0 saturated heterocycles. The van der Waals surface area contributed by atoms with Gasteiger partial charge in [0.1, 0.15) is 11.6 Å². The van der Waals surface area contributed by atoms with Crippen LogP contribution in [-0.2, 0) is 12.8 Å². The Morgan fingerprint density at radius 2 is 2.14 bits per heavy atom. The molecule has 5 heteroatoms. The summed E-state index contributed by atoms with van der Waals surface area (Å²) in [6, 6.07) is 12.0. The first-order valence-corrected chi connectivity index (χ1v) is 7.75. The van der Waals surface area contributed by atoms with Crippen molar-refractivity contribution >= 4 is 23.1 Å². The van der Waals surface area contributed by atoms with Crippen LogP contribution in [0.3, 0.4) is 0 Å². The summed E-state index contributed by atoms with van der Waals surface area (Å²) in [7, 11) is 1.68. The molecule has 0 aliphatic heterocycles. The van der Waals surface area contributed by atoms with Crippen LogP contribution < -0.4 is 15.4 Å². The molecule has 0 unspecified atom stereocenters. The van der Waals surface area contributed by atoms with Crippen molar-refractivity contribution < 1.29 is 4.74 Å². The maximum absolute atomic E-state index is 5.32. The van der Waals surface area contributed by atoms with E-state index in [1.54, 1.807) is 13.3 Å². The van der Waals surface area contributed by atoms with E-state index in [-0.39, 0.29) is 0 Å². The van der Waals surface area contributed by atoms with Crippen molar-refractivity contribution in [1.82, 2.24) is 10.3 Å². The fourth-order valence-corrected chi connectivity index (χ4v) is 2.34. The van der Waals surface area contributed by atoms with Gasteiger partial charge in [-0.25, -0.2) is 4.98 Å². The largest absolute Gasteiger partial charge is 0.497 e. The van der Waals surface area contributed by atoms with E-state index in [9.17, 15) is 0 Å². The fraction of sp³-hybridized carbons (Fsp3) is 0.294. The fourth-order valence-electron chi connectivity index (χ4n) is 2.14. The summed E-state index contributed by atoms with van der Waals surface area (Å²) in [6.45, 7) is 2.86. The van der Waals surface area contributed by atoms with Gasteiger partial charge < -0.3 is 15.4 Å². The van der Waals surface area contributed by atoms with Gasteiger partial charge in [0.25, 0.3) is 0 Å². The zero-order valence-electron chi connectivity index (χ0n) is 12.9. The van der Waals surface area contributed by atoms with E-state index in [2.05, 4.69) is 28.6 Å². The van der Waals surface area contributed by atoms with Gasteiger partial charge in [0, 0.05) is 12.7 Å². The van der Waals surface area contributed by atoms with Gasteiger partial charge in [-0.3, -0.25) is 0 Å². The number of hydrogen-bond donors (Lipinski definition) is 2. The van der Waals surface area contributed by atoms with E-state index in [0.717, 1.165) is 36.5 Å². The van der Waals surface area contributed by atoms with E-state index >= 15 is 0 Å². The smallest absolute Gasteiger partial charge is 0.171 e. The number of nitrogens with one attached hydrogen (secondary N) is 2. The first-order valence-electron chi connectivity index (χ1n) is 7.34. The van der Waals surface area contributed by atoms with Crippen LogP contribution in [-0.4, -0.2) is 23.8 Å². The molecule has 1 aromatic heterocycles. The quantitative estimate of drug-likeness (QED) is 0.802. The predicted octanol–water partition coefficient (Wildman–Crippen LogP) is 3.18. The molecule has 22 heavy (non-hydrogen) atoms. The number of hydrogen-bond acceptors (Lipinski definition) is 3. The van der Waals surface area contributed by atoms with Gasteiger partial charge in [-0.05, 0) is 54.4 Å². The highest BCUT2D eigenvalue weighted by atomic mass is 32.1. The van der Waals surface area contributed by atoms with E-state index < -0.39 is 0 Å². The number of anilines is 1. The summed E-state index contributed by atoms with van der Waals surface area (Å²) in [5.74, 6) is 1.70. The number of rotatable bonds is 6. The number of ether oxygens (including phenoxy) is 1. The second-order valence-corrected chi connectivity index (χ2v) is 5.26. The van der Waals surface area contributed by atoms with Crippen molar-refractivity contribution in [3.63, 3.8) is 0 Å². The van der Waals surface area contributed by atoms with Crippen LogP contribution >= 0.6 is 12.2 Å². The number of aromatic nitrogens is 1. The Bertz CT molecular complexity index is 631. The SMILES string of the molecule is CCc1cccnc1NC(=S)NCCc1cccc(OC)c1. The zero-order chi connectivity index (χ0) is 15.8. The molecule has 0 aliphatic carbocycles. The van der Waals surface area contributed by atoms with Crippen molar-refractivity contribution in [2.45, 2.75) is 19.8 Å². The molecular formula is C17H21N3OS. The molecule has 0 spiro atoms. The standard InChI is InChI=1S/C17H21N3OS/c1-3-14-7-5-10-18-16(14)20-17(22)19-11-9-13-6-4-8-15(12-13)21-2/h4-8,10,12H,3,9,11H2,1-2H3,(H2,18,19,20,22). The van der Waals surface area contributed by atoms with Crippen molar-refractivity contribution in [1.29, 1.82) is 0 Å². The van der Waals surface area contributed by atoms with Crippen LogP contribution in [0.2, 0.25) is 0 Å². The second kappa shape index (κ2) is 8.34. The van der Waals surface area contributed by atoms with Gasteiger partial charge in [0.05, 0.1) is 7.11 Å². The Hall–Kier alpha value is -2.14. The minimum absolute atomic E-state index is 0.594. The molecule has 0 fully saturated rings. The Labute approximate surface area is 136 Å². The molecule has 1 aromatic carbocycles. The van der Waals surface area contributed by atoms with E-state index in [1.807, 2.05) is 30.3 Å². The van der Waals surface area contributed by atoms with Crippen LogP contribution in [0.4, 0.5) is 5.82 Å². The van der Waals surface area contributed by atoms with Crippen LogP contribution in [0.5, 0.6) is 5.75 Å². The molecule has 0 bridgehead atoms. The average Bonchev–Trinajstić information content (AvgIpc) is 2.55. The molecule has 2 N–H and O–H groups in total. The number of nitrogens with zero attached hydrogens (tertiary/aromatic N) is 1. The molecule has 0 radical (unpaired) electrons. The second-order valence-electron chi connectivity index (χ2n) is 4.85. The highest BCUT2D eigenvalue weighted by Crippen LogP contribution is 2.13. The third kappa shape index (κ3) is 4.70. The number of pyridine rings is 1. The summed E-state index contributed by atoms with van der Waals surface area (Å²) in [6.07, 6.45) is 3.56. The van der Waals surface area contributed by atoms with Crippen molar-refractivity contribution in [2.75, 3.05) is 19.0 Å².